The predicted octanol–water partition coefficient (Wildman–Crippen LogP) is 3.22. The molecule has 0 saturated carbocycles. The number of hydrogen-bond donors (Lipinski definition) is 1. The topological polar surface area (TPSA) is 49.4 Å². The molecule has 5 heteroatoms. The number of hydrogen-bond acceptors (Lipinski definition) is 2. The summed E-state index contributed by atoms with van der Waals surface area (Å²) in [6, 6.07) is 17.1. The van der Waals surface area contributed by atoms with E-state index in [0.717, 1.165) is 17.5 Å². The summed E-state index contributed by atoms with van der Waals surface area (Å²) in [6.45, 7) is 0.538. The molecule has 2 amide bonds. The molecule has 25 heavy (non-hydrogen) atoms. The number of carbonyl (C=O) groups is 2. The number of benzene rings is 2. The molecule has 1 aliphatic heterocycles. The van der Waals surface area contributed by atoms with Gasteiger partial charge in [0.25, 0.3) is 0 Å². The Balaban J connectivity index is 1.63. The average molecular weight is 357 g/mol. The zero-order chi connectivity index (χ0) is 17.8. The van der Waals surface area contributed by atoms with Crippen molar-refractivity contribution in [3.63, 3.8) is 0 Å². The van der Waals surface area contributed by atoms with Crippen LogP contribution in [-0.4, -0.2) is 30.3 Å². The first-order valence-corrected chi connectivity index (χ1v) is 8.77. The summed E-state index contributed by atoms with van der Waals surface area (Å²) >= 11 is 5.88. The van der Waals surface area contributed by atoms with Gasteiger partial charge in [0, 0.05) is 25.0 Å². The van der Waals surface area contributed by atoms with Gasteiger partial charge in [-0.3, -0.25) is 9.59 Å². The molecule has 1 saturated heterocycles. The Morgan fingerprint density at radius 3 is 2.52 bits per heavy atom. The Kier molecular flexibility index (Phi) is 5.39. The van der Waals surface area contributed by atoms with Gasteiger partial charge in [0.05, 0.1) is 12.0 Å². The minimum absolute atomic E-state index is 0.00621. The minimum atomic E-state index is -0.356. The second-order valence-corrected chi connectivity index (χ2v) is 6.77. The Hall–Kier alpha value is -2.33. The summed E-state index contributed by atoms with van der Waals surface area (Å²) in [5, 5.41) is 3.68. The van der Waals surface area contributed by atoms with Crippen LogP contribution in [0.25, 0.3) is 0 Å². The van der Waals surface area contributed by atoms with E-state index in [4.69, 9.17) is 11.6 Å². The van der Waals surface area contributed by atoms with Crippen molar-refractivity contribution in [2.24, 2.45) is 5.92 Å². The molecular weight excluding hydrogens is 336 g/mol. The van der Waals surface area contributed by atoms with Crippen LogP contribution in [0.5, 0.6) is 0 Å². The Labute approximate surface area is 152 Å². The predicted molar refractivity (Wildman–Crippen MR) is 98.2 cm³/mol. The van der Waals surface area contributed by atoms with Gasteiger partial charge in [-0.05, 0) is 29.7 Å². The maximum atomic E-state index is 12.7. The molecular formula is C20H21ClN2O2. The van der Waals surface area contributed by atoms with Crippen LogP contribution >= 0.6 is 11.6 Å². The van der Waals surface area contributed by atoms with Crippen molar-refractivity contribution in [2.75, 3.05) is 13.6 Å². The smallest absolute Gasteiger partial charge is 0.226 e. The van der Waals surface area contributed by atoms with E-state index in [1.54, 1.807) is 11.9 Å². The molecule has 2 aromatic rings. The fourth-order valence-electron chi connectivity index (χ4n) is 3.32. The van der Waals surface area contributed by atoms with E-state index in [-0.39, 0.29) is 30.2 Å². The summed E-state index contributed by atoms with van der Waals surface area (Å²) < 4.78 is 0. The summed E-state index contributed by atoms with van der Waals surface area (Å²) in [7, 11) is 1.76. The van der Waals surface area contributed by atoms with Crippen molar-refractivity contribution in [1.29, 1.82) is 0 Å². The van der Waals surface area contributed by atoms with E-state index in [1.165, 1.54) is 0 Å². The second kappa shape index (κ2) is 7.70. The van der Waals surface area contributed by atoms with E-state index in [2.05, 4.69) is 5.32 Å². The lowest BCUT2D eigenvalue weighted by Gasteiger charge is -2.24. The highest BCUT2D eigenvalue weighted by atomic mass is 35.5. The molecule has 1 heterocycles. The molecule has 2 aromatic carbocycles. The van der Waals surface area contributed by atoms with Crippen molar-refractivity contribution in [2.45, 2.75) is 18.9 Å². The van der Waals surface area contributed by atoms with Gasteiger partial charge in [-0.25, -0.2) is 0 Å². The molecule has 0 aliphatic carbocycles. The Bertz CT molecular complexity index is 746. The highest BCUT2D eigenvalue weighted by molar-refractivity contribution is 6.30. The number of carbonyl (C=O) groups excluding carboxylic acids is 2. The Morgan fingerprint density at radius 1 is 1.16 bits per heavy atom. The van der Waals surface area contributed by atoms with Crippen molar-refractivity contribution < 1.29 is 9.59 Å². The maximum Gasteiger partial charge on any atom is 0.226 e. The fraction of sp³-hybridized carbons (Fsp3) is 0.300. The number of nitrogens with one attached hydrogen (secondary N) is 1. The van der Waals surface area contributed by atoms with Crippen LogP contribution in [0, 0.1) is 5.92 Å². The maximum absolute atomic E-state index is 12.7. The molecule has 1 aliphatic rings. The third-order valence-corrected chi connectivity index (χ3v) is 4.94. The van der Waals surface area contributed by atoms with Crippen LogP contribution in [0.3, 0.4) is 0 Å². The molecule has 1 N–H and O–H groups in total. The molecule has 1 fully saturated rings. The third kappa shape index (κ3) is 4.02. The second-order valence-electron chi connectivity index (χ2n) is 6.34. The monoisotopic (exact) mass is 356 g/mol. The summed E-state index contributed by atoms with van der Waals surface area (Å²) in [5.74, 6) is -0.419. The van der Waals surface area contributed by atoms with E-state index in [9.17, 15) is 9.59 Å². The van der Waals surface area contributed by atoms with Crippen LogP contribution in [0.1, 0.15) is 23.6 Å². The largest absolute Gasteiger partial charge is 0.355 e. The number of amides is 2. The SMILES string of the molecule is CN1C(=O)C[C@H](C(=O)NCCc2ccc(Cl)cc2)[C@@H]1c1ccccc1. The number of nitrogens with zero attached hydrogens (tertiary/aromatic N) is 1. The lowest BCUT2D eigenvalue weighted by molar-refractivity contribution is -0.128. The van der Waals surface area contributed by atoms with E-state index in [0.29, 0.717) is 11.6 Å². The van der Waals surface area contributed by atoms with Crippen molar-refractivity contribution in [3.8, 4) is 0 Å². The first-order chi connectivity index (χ1) is 12.1. The highest BCUT2D eigenvalue weighted by Gasteiger charge is 2.42. The fourth-order valence-corrected chi connectivity index (χ4v) is 3.45. The molecule has 4 nitrogen and oxygen atoms in total. The van der Waals surface area contributed by atoms with Gasteiger partial charge < -0.3 is 10.2 Å². The zero-order valence-corrected chi connectivity index (χ0v) is 14.9. The first kappa shape index (κ1) is 17.5. The molecule has 0 bridgehead atoms. The third-order valence-electron chi connectivity index (χ3n) is 4.69. The Morgan fingerprint density at radius 2 is 1.84 bits per heavy atom. The van der Waals surface area contributed by atoms with Crippen LogP contribution in [-0.2, 0) is 16.0 Å². The number of halogens is 1. The normalized spacial score (nSPS) is 19.9. The molecule has 0 radical (unpaired) electrons. The summed E-state index contributed by atoms with van der Waals surface area (Å²) in [4.78, 5) is 26.5. The molecule has 2 atom stereocenters. The molecule has 0 unspecified atom stereocenters. The van der Waals surface area contributed by atoms with E-state index in [1.807, 2.05) is 54.6 Å². The number of likely N-dealkylation sites (tertiary alicyclic amines) is 1. The zero-order valence-electron chi connectivity index (χ0n) is 14.1. The molecule has 3 rings (SSSR count). The van der Waals surface area contributed by atoms with Crippen LogP contribution in [0.4, 0.5) is 0 Å². The highest BCUT2D eigenvalue weighted by Crippen LogP contribution is 2.36. The van der Waals surface area contributed by atoms with Crippen LogP contribution < -0.4 is 5.32 Å². The van der Waals surface area contributed by atoms with Gasteiger partial charge in [0.1, 0.15) is 0 Å². The lowest BCUT2D eigenvalue weighted by Crippen LogP contribution is -2.35. The van der Waals surface area contributed by atoms with Crippen molar-refractivity contribution in [1.82, 2.24) is 10.2 Å². The summed E-state index contributed by atoms with van der Waals surface area (Å²) in [5.41, 5.74) is 2.11. The number of rotatable bonds is 5. The van der Waals surface area contributed by atoms with Gasteiger partial charge >= 0.3 is 0 Å². The van der Waals surface area contributed by atoms with Gasteiger partial charge in [0.15, 0.2) is 0 Å². The van der Waals surface area contributed by atoms with Crippen molar-refractivity contribution >= 4 is 23.4 Å². The summed E-state index contributed by atoms with van der Waals surface area (Å²) in [6.07, 6.45) is 0.984. The van der Waals surface area contributed by atoms with Gasteiger partial charge in [0.2, 0.25) is 11.8 Å². The molecule has 0 spiro atoms. The van der Waals surface area contributed by atoms with Crippen molar-refractivity contribution in [3.05, 3.63) is 70.7 Å². The quantitative estimate of drug-likeness (QED) is 0.894. The average Bonchev–Trinajstić information content (AvgIpc) is 2.92. The minimum Gasteiger partial charge on any atom is -0.355 e. The first-order valence-electron chi connectivity index (χ1n) is 8.39. The molecule has 130 valence electrons. The van der Waals surface area contributed by atoms with E-state index >= 15 is 0 Å². The van der Waals surface area contributed by atoms with E-state index < -0.39 is 0 Å². The standard InChI is InChI=1S/C20H21ClN2O2/c1-23-18(24)13-17(19(23)15-5-3-2-4-6-15)20(25)22-12-11-14-7-9-16(21)10-8-14/h2-10,17,19H,11-13H2,1H3,(H,22,25)/t17-,19-/m0/s1. The van der Waals surface area contributed by atoms with Crippen LogP contribution in [0.15, 0.2) is 54.6 Å². The molecule has 0 aromatic heterocycles. The lowest BCUT2D eigenvalue weighted by atomic mass is 9.93. The van der Waals surface area contributed by atoms with Crippen LogP contribution in [0.2, 0.25) is 5.02 Å². The van der Waals surface area contributed by atoms with Gasteiger partial charge in [-0.1, -0.05) is 54.1 Å². The van der Waals surface area contributed by atoms with Gasteiger partial charge in [-0.2, -0.15) is 0 Å². The van der Waals surface area contributed by atoms with Gasteiger partial charge in [-0.15, -0.1) is 0 Å².